The van der Waals surface area contributed by atoms with Gasteiger partial charge in [-0.15, -0.1) is 0 Å². The summed E-state index contributed by atoms with van der Waals surface area (Å²) in [7, 11) is 0. The lowest BCUT2D eigenvalue weighted by Crippen LogP contribution is -2.29. The Hall–Kier alpha value is -3.36. The smallest absolute Gasteiger partial charge is 0.412 e. The van der Waals surface area contributed by atoms with Crippen molar-refractivity contribution in [1.82, 2.24) is 0 Å². The van der Waals surface area contributed by atoms with E-state index in [9.17, 15) is 14.7 Å². The maximum Gasteiger partial charge on any atom is 0.412 e. The molecule has 0 spiro atoms. The van der Waals surface area contributed by atoms with Crippen LogP contribution in [-0.4, -0.2) is 35.0 Å². The van der Waals surface area contributed by atoms with Crippen molar-refractivity contribution in [3.05, 3.63) is 82.9 Å². The Bertz CT molecular complexity index is 1160. The highest BCUT2D eigenvalue weighted by Crippen LogP contribution is 2.36. The molecule has 3 aromatic rings. The van der Waals surface area contributed by atoms with Gasteiger partial charge in [-0.3, -0.25) is 5.32 Å². The van der Waals surface area contributed by atoms with Gasteiger partial charge in [0.05, 0.1) is 6.10 Å². The molecule has 3 rings (SSSR count). The van der Waals surface area contributed by atoms with Crippen LogP contribution in [0.2, 0.25) is 0 Å². The monoisotopic (exact) mass is 527 g/mol. The summed E-state index contributed by atoms with van der Waals surface area (Å²) in [6, 6.07) is 17.7. The van der Waals surface area contributed by atoms with Crippen LogP contribution in [0.15, 0.2) is 77.3 Å². The molecule has 0 radical (unpaired) electrons. The molecule has 0 heterocycles. The molecule has 3 N–H and O–H groups in total. The van der Waals surface area contributed by atoms with E-state index in [1.54, 1.807) is 48.5 Å². The molecule has 8 heteroatoms. The number of phenolic OH excluding ortho intramolecular Hbond substituents is 1. The first kappa shape index (κ1) is 25.3. The third kappa shape index (κ3) is 6.82. The molecular weight excluding hydrogens is 502 g/mol. The number of fused-ring (bicyclic) bond motifs is 1. The number of allylic oxidation sites excluding steroid dienone is 1. The molecule has 0 unspecified atom stereocenters. The zero-order valence-electron chi connectivity index (χ0n) is 18.6. The fourth-order valence-electron chi connectivity index (χ4n) is 3.67. The number of rotatable bonds is 10. The van der Waals surface area contributed by atoms with E-state index in [-0.39, 0.29) is 5.75 Å². The number of ether oxygens (including phenoxy) is 2. The highest BCUT2D eigenvalue weighted by Gasteiger charge is 2.29. The molecule has 34 heavy (non-hydrogen) atoms. The molecule has 0 aliphatic rings. The Morgan fingerprint density at radius 3 is 2.44 bits per heavy atom. The molecular formula is C26H26BrNO6. The molecule has 0 aliphatic heterocycles. The van der Waals surface area contributed by atoms with E-state index < -0.39 is 24.3 Å². The zero-order chi connectivity index (χ0) is 24.5. The summed E-state index contributed by atoms with van der Waals surface area (Å²) in [4.78, 5) is 23.7. The average molecular weight is 528 g/mol. The Morgan fingerprint density at radius 1 is 1.06 bits per heavy atom. The van der Waals surface area contributed by atoms with Gasteiger partial charge in [0.15, 0.2) is 6.10 Å². The summed E-state index contributed by atoms with van der Waals surface area (Å²) in [5, 5.41) is 23.3. The number of nitrogens with one attached hydrogen (secondary N) is 1. The Morgan fingerprint density at radius 2 is 1.76 bits per heavy atom. The van der Waals surface area contributed by atoms with Gasteiger partial charge in [-0.1, -0.05) is 52.3 Å². The van der Waals surface area contributed by atoms with E-state index in [4.69, 9.17) is 14.6 Å². The van der Waals surface area contributed by atoms with Gasteiger partial charge in [-0.25, -0.2) is 9.59 Å². The van der Waals surface area contributed by atoms with E-state index in [1.165, 1.54) is 0 Å². The summed E-state index contributed by atoms with van der Waals surface area (Å²) in [6.07, 6.45) is 1.45. The van der Waals surface area contributed by atoms with Gasteiger partial charge in [-0.2, -0.15) is 0 Å². The van der Waals surface area contributed by atoms with Crippen molar-refractivity contribution in [1.29, 1.82) is 0 Å². The third-order valence-corrected chi connectivity index (χ3v) is 5.69. The van der Waals surface area contributed by atoms with E-state index in [0.29, 0.717) is 36.1 Å². The average Bonchev–Trinajstić information content (AvgIpc) is 2.82. The van der Waals surface area contributed by atoms with Crippen molar-refractivity contribution >= 4 is 44.5 Å². The molecule has 0 saturated carbocycles. The van der Waals surface area contributed by atoms with E-state index in [0.717, 1.165) is 15.9 Å². The number of amides is 1. The molecule has 1 amide bonds. The highest BCUT2D eigenvalue weighted by molar-refractivity contribution is 9.10. The highest BCUT2D eigenvalue weighted by atomic mass is 79.9. The Kier molecular flexibility index (Phi) is 9.07. The van der Waals surface area contributed by atoms with Crippen LogP contribution < -0.4 is 5.32 Å². The number of hydrogen-bond acceptors (Lipinski definition) is 5. The van der Waals surface area contributed by atoms with Gasteiger partial charge < -0.3 is 19.7 Å². The molecule has 178 valence electrons. The summed E-state index contributed by atoms with van der Waals surface area (Å²) >= 11 is 3.36. The number of halogens is 1. The van der Waals surface area contributed by atoms with Crippen molar-refractivity contribution in [2.45, 2.75) is 32.0 Å². The minimum Gasteiger partial charge on any atom is -0.507 e. The number of aliphatic carboxylic acids is 1. The van der Waals surface area contributed by atoms with Crippen LogP contribution in [0.5, 0.6) is 5.75 Å². The van der Waals surface area contributed by atoms with Crippen LogP contribution in [0.4, 0.5) is 10.5 Å². The van der Waals surface area contributed by atoms with Gasteiger partial charge in [0, 0.05) is 33.8 Å². The molecule has 2 atom stereocenters. The number of carboxylic acid groups (broad SMARTS) is 1. The first-order chi connectivity index (χ1) is 16.4. The second-order valence-electron chi connectivity index (χ2n) is 7.49. The van der Waals surface area contributed by atoms with Crippen LogP contribution in [0.3, 0.4) is 0 Å². The number of benzene rings is 3. The first-order valence-corrected chi connectivity index (χ1v) is 11.6. The number of carboxylic acids is 1. The van der Waals surface area contributed by atoms with Crippen LogP contribution >= 0.6 is 15.9 Å². The molecule has 3 aromatic carbocycles. The van der Waals surface area contributed by atoms with Gasteiger partial charge in [0.2, 0.25) is 0 Å². The van der Waals surface area contributed by atoms with Gasteiger partial charge in [0.25, 0.3) is 0 Å². The van der Waals surface area contributed by atoms with Crippen molar-refractivity contribution in [2.75, 3.05) is 11.9 Å². The SMILES string of the molecule is CCO[C@H](CC/C=C/C(=O)O)[C@H](OC(=O)Nc1ccc(Br)cc1)c1ccc(O)c2ccccc12. The molecule has 0 aromatic heterocycles. The summed E-state index contributed by atoms with van der Waals surface area (Å²) in [5.74, 6) is -0.908. The van der Waals surface area contributed by atoms with Crippen LogP contribution in [0, 0.1) is 0 Å². The minimum atomic E-state index is -1.03. The number of hydrogen-bond donors (Lipinski definition) is 3. The number of anilines is 1. The maximum atomic E-state index is 12.9. The predicted octanol–water partition coefficient (Wildman–Crippen LogP) is 6.42. The second kappa shape index (κ2) is 12.2. The van der Waals surface area contributed by atoms with Crippen LogP contribution in [0.1, 0.15) is 31.4 Å². The normalized spacial score (nSPS) is 13.0. The summed E-state index contributed by atoms with van der Waals surface area (Å²) in [5.41, 5.74) is 1.25. The quantitative estimate of drug-likeness (QED) is 0.262. The van der Waals surface area contributed by atoms with Gasteiger partial charge in [-0.05, 0) is 55.5 Å². The topological polar surface area (TPSA) is 105 Å². The van der Waals surface area contributed by atoms with Crippen molar-refractivity contribution in [3.63, 3.8) is 0 Å². The number of carbonyl (C=O) groups excluding carboxylic acids is 1. The minimum absolute atomic E-state index is 0.120. The summed E-state index contributed by atoms with van der Waals surface area (Å²) < 4.78 is 12.7. The van der Waals surface area contributed by atoms with Gasteiger partial charge in [0.1, 0.15) is 5.75 Å². The number of aromatic hydroxyl groups is 1. The van der Waals surface area contributed by atoms with Crippen LogP contribution in [0.25, 0.3) is 10.8 Å². The standard InChI is InChI=1S/C26H26BrNO6/c1-2-33-23(9-5-6-10-24(30)31)25(34-26(32)28-18-13-11-17(27)12-14-18)21-15-16-22(29)20-8-4-3-7-19(20)21/h3-4,6-8,10-16,23,25,29H,2,5,9H2,1H3,(H,28,32)(H,30,31)/b10-6+/t23-,25-/m1/s1. The van der Waals surface area contributed by atoms with Crippen molar-refractivity contribution in [2.24, 2.45) is 0 Å². The fraction of sp³-hybridized carbons (Fsp3) is 0.231. The second-order valence-corrected chi connectivity index (χ2v) is 8.40. The maximum absolute atomic E-state index is 12.9. The van der Waals surface area contributed by atoms with E-state index >= 15 is 0 Å². The summed E-state index contributed by atoms with van der Waals surface area (Å²) in [6.45, 7) is 2.21. The molecule has 7 nitrogen and oxygen atoms in total. The first-order valence-electron chi connectivity index (χ1n) is 10.8. The largest absolute Gasteiger partial charge is 0.507 e. The lowest BCUT2D eigenvalue weighted by Gasteiger charge is -2.28. The lowest BCUT2D eigenvalue weighted by molar-refractivity contribution is -0.131. The Balaban J connectivity index is 1.94. The van der Waals surface area contributed by atoms with Crippen molar-refractivity contribution < 1.29 is 29.3 Å². The van der Waals surface area contributed by atoms with Crippen molar-refractivity contribution in [3.8, 4) is 5.75 Å². The number of phenols is 1. The number of carbonyl (C=O) groups is 2. The molecule has 0 bridgehead atoms. The Labute approximate surface area is 206 Å². The fourth-order valence-corrected chi connectivity index (χ4v) is 3.94. The van der Waals surface area contributed by atoms with E-state index in [2.05, 4.69) is 21.2 Å². The zero-order valence-corrected chi connectivity index (χ0v) is 20.2. The molecule has 0 fully saturated rings. The molecule has 0 aliphatic carbocycles. The van der Waals surface area contributed by atoms with Crippen LogP contribution in [-0.2, 0) is 14.3 Å². The predicted molar refractivity (Wildman–Crippen MR) is 134 cm³/mol. The van der Waals surface area contributed by atoms with E-state index in [1.807, 2.05) is 25.1 Å². The molecule has 0 saturated heterocycles. The third-order valence-electron chi connectivity index (χ3n) is 5.16. The lowest BCUT2D eigenvalue weighted by atomic mass is 9.94. The van der Waals surface area contributed by atoms with Gasteiger partial charge >= 0.3 is 12.1 Å².